The Labute approximate surface area is 166 Å². The van der Waals surface area contributed by atoms with E-state index in [9.17, 15) is 14.4 Å². The van der Waals surface area contributed by atoms with Gasteiger partial charge in [0.15, 0.2) is 0 Å². The molecule has 0 spiro atoms. The number of hydrogen-bond acceptors (Lipinski definition) is 4. The highest BCUT2D eigenvalue weighted by Crippen LogP contribution is 2.26. The first-order chi connectivity index (χ1) is 14.0. The van der Waals surface area contributed by atoms with Crippen molar-refractivity contribution in [2.75, 3.05) is 7.05 Å². The topological polar surface area (TPSA) is 88.3 Å². The van der Waals surface area contributed by atoms with E-state index in [-0.39, 0.29) is 36.0 Å². The van der Waals surface area contributed by atoms with Gasteiger partial charge in [0.05, 0.1) is 23.4 Å². The Hall–Kier alpha value is -3.61. The van der Waals surface area contributed by atoms with Crippen molar-refractivity contribution in [1.82, 2.24) is 14.7 Å². The zero-order chi connectivity index (χ0) is 20.5. The number of nitrogens with one attached hydrogen (secondary N) is 1. The molecule has 1 amide bonds. The van der Waals surface area contributed by atoms with Crippen molar-refractivity contribution in [3.05, 3.63) is 81.1 Å². The molecule has 1 N–H and O–H groups in total. The van der Waals surface area contributed by atoms with Crippen LogP contribution in [0.4, 0.5) is 0 Å². The number of amides is 1. The first kappa shape index (κ1) is 18.7. The van der Waals surface area contributed by atoms with E-state index in [1.807, 2.05) is 37.3 Å². The van der Waals surface area contributed by atoms with Crippen LogP contribution in [-0.2, 0) is 11.3 Å². The van der Waals surface area contributed by atoms with Gasteiger partial charge in [-0.25, -0.2) is 4.68 Å². The number of fused-ring (bicyclic) bond motifs is 2. The molecule has 0 aliphatic rings. The number of benzene rings is 2. The molecule has 0 saturated carbocycles. The number of furan rings is 1. The molecule has 0 radical (unpaired) electrons. The number of carbonyl (C=O) groups is 1. The first-order valence-corrected chi connectivity index (χ1v) is 9.41. The summed E-state index contributed by atoms with van der Waals surface area (Å²) in [4.78, 5) is 39.0. The third-order valence-electron chi connectivity index (χ3n) is 5.26. The van der Waals surface area contributed by atoms with Crippen LogP contribution in [-0.4, -0.2) is 27.6 Å². The van der Waals surface area contributed by atoms with Crippen LogP contribution in [0.2, 0.25) is 0 Å². The molecular formula is C22H21N3O4. The normalized spacial score (nSPS) is 12.3. The van der Waals surface area contributed by atoms with Crippen LogP contribution >= 0.6 is 0 Å². The fourth-order valence-electron chi connectivity index (χ4n) is 3.40. The minimum Gasteiger partial charge on any atom is -0.459 e. The van der Waals surface area contributed by atoms with Crippen molar-refractivity contribution >= 4 is 27.6 Å². The predicted molar refractivity (Wildman–Crippen MR) is 111 cm³/mol. The van der Waals surface area contributed by atoms with Gasteiger partial charge in [0.2, 0.25) is 5.91 Å². The average molecular weight is 391 g/mol. The minimum absolute atomic E-state index is 0.0786. The number of aryl methyl sites for hydroxylation is 1. The molecule has 0 aliphatic heterocycles. The Morgan fingerprint density at radius 2 is 1.79 bits per heavy atom. The first-order valence-electron chi connectivity index (χ1n) is 9.41. The maximum absolute atomic E-state index is 12.7. The fourth-order valence-corrected chi connectivity index (χ4v) is 3.40. The highest BCUT2D eigenvalue weighted by Gasteiger charge is 2.21. The smallest absolute Gasteiger partial charge is 0.273 e. The molecule has 7 heteroatoms. The summed E-state index contributed by atoms with van der Waals surface area (Å²) in [5, 5.41) is 4.22. The molecule has 0 saturated heterocycles. The second-order valence-electron chi connectivity index (χ2n) is 7.06. The van der Waals surface area contributed by atoms with Gasteiger partial charge in [-0.05, 0) is 31.2 Å². The van der Waals surface area contributed by atoms with Gasteiger partial charge in [-0.1, -0.05) is 30.3 Å². The number of carbonyl (C=O) groups excluding carboxylic acids is 1. The molecule has 2 aromatic carbocycles. The van der Waals surface area contributed by atoms with Crippen LogP contribution in [0, 0.1) is 0 Å². The molecular weight excluding hydrogens is 370 g/mol. The van der Waals surface area contributed by atoms with E-state index in [4.69, 9.17) is 4.42 Å². The van der Waals surface area contributed by atoms with Crippen LogP contribution < -0.4 is 11.1 Å². The lowest BCUT2D eigenvalue weighted by atomic mass is 10.2. The van der Waals surface area contributed by atoms with Crippen molar-refractivity contribution < 1.29 is 9.21 Å². The van der Waals surface area contributed by atoms with E-state index < -0.39 is 0 Å². The van der Waals surface area contributed by atoms with Crippen molar-refractivity contribution in [3.63, 3.8) is 0 Å². The Kier molecular flexibility index (Phi) is 4.80. The molecule has 2 heterocycles. The summed E-state index contributed by atoms with van der Waals surface area (Å²) in [6.45, 7) is 1.98. The van der Waals surface area contributed by atoms with Gasteiger partial charge in [-0.2, -0.15) is 0 Å². The van der Waals surface area contributed by atoms with Gasteiger partial charge in [-0.15, -0.1) is 0 Å². The van der Waals surface area contributed by atoms with Crippen LogP contribution in [0.1, 0.15) is 25.1 Å². The van der Waals surface area contributed by atoms with Gasteiger partial charge in [0.1, 0.15) is 11.3 Å². The van der Waals surface area contributed by atoms with Gasteiger partial charge in [0, 0.05) is 18.9 Å². The van der Waals surface area contributed by atoms with E-state index in [1.165, 1.54) is 4.68 Å². The number of hydrogen-bond donors (Lipinski definition) is 1. The molecule has 0 fully saturated rings. The van der Waals surface area contributed by atoms with E-state index >= 15 is 0 Å². The molecule has 1 unspecified atom stereocenters. The monoisotopic (exact) mass is 391 g/mol. The van der Waals surface area contributed by atoms with E-state index in [0.717, 1.165) is 11.0 Å². The summed E-state index contributed by atoms with van der Waals surface area (Å²) in [6.07, 6.45) is 0.0786. The Balaban J connectivity index is 1.50. The summed E-state index contributed by atoms with van der Waals surface area (Å²) in [5.41, 5.74) is 0.105. The lowest BCUT2D eigenvalue weighted by Crippen LogP contribution is -2.34. The third-order valence-corrected chi connectivity index (χ3v) is 5.26. The molecule has 148 valence electrons. The molecule has 4 rings (SSSR count). The van der Waals surface area contributed by atoms with Crippen molar-refractivity contribution in [2.24, 2.45) is 0 Å². The van der Waals surface area contributed by atoms with Crippen molar-refractivity contribution in [3.8, 4) is 0 Å². The largest absolute Gasteiger partial charge is 0.459 e. The molecule has 2 aromatic heterocycles. The number of nitrogens with zero attached hydrogens (tertiary/aromatic N) is 2. The standard InChI is InChI=1S/C22H21N3O4/c1-14(19-13-15-7-3-6-10-18(15)29-19)24(2)20(26)11-12-25-22(28)17-9-5-4-8-16(17)21(27)23-25/h3-10,13-14H,11-12H2,1-2H3,(H,23,27). The second-order valence-corrected chi connectivity index (χ2v) is 7.06. The summed E-state index contributed by atoms with van der Waals surface area (Å²) in [5.74, 6) is 0.539. The Morgan fingerprint density at radius 1 is 1.10 bits per heavy atom. The number of H-pyrrole nitrogens is 1. The summed E-state index contributed by atoms with van der Waals surface area (Å²) in [7, 11) is 1.70. The maximum Gasteiger partial charge on any atom is 0.273 e. The average Bonchev–Trinajstić information content (AvgIpc) is 3.18. The second kappa shape index (κ2) is 7.43. The van der Waals surface area contributed by atoms with Crippen LogP contribution in [0.3, 0.4) is 0 Å². The molecule has 29 heavy (non-hydrogen) atoms. The number of rotatable bonds is 5. The summed E-state index contributed by atoms with van der Waals surface area (Å²) in [6, 6.07) is 16.0. The predicted octanol–water partition coefficient (Wildman–Crippen LogP) is 3.05. The molecule has 7 nitrogen and oxygen atoms in total. The van der Waals surface area contributed by atoms with Crippen LogP contribution in [0.25, 0.3) is 21.7 Å². The maximum atomic E-state index is 12.7. The van der Waals surface area contributed by atoms with E-state index in [0.29, 0.717) is 16.5 Å². The quantitative estimate of drug-likeness (QED) is 0.566. The Bertz CT molecular complexity index is 1280. The lowest BCUT2D eigenvalue weighted by Gasteiger charge is -2.23. The highest BCUT2D eigenvalue weighted by atomic mass is 16.3. The third kappa shape index (κ3) is 3.47. The van der Waals surface area contributed by atoms with Crippen molar-refractivity contribution in [2.45, 2.75) is 25.9 Å². The number of aromatic nitrogens is 2. The van der Waals surface area contributed by atoms with Gasteiger partial charge in [-0.3, -0.25) is 19.5 Å². The summed E-state index contributed by atoms with van der Waals surface area (Å²) < 4.78 is 7.05. The lowest BCUT2D eigenvalue weighted by molar-refractivity contribution is -0.132. The molecule has 0 aliphatic carbocycles. The number of para-hydroxylation sites is 1. The highest BCUT2D eigenvalue weighted by molar-refractivity contribution is 5.81. The van der Waals surface area contributed by atoms with Gasteiger partial charge < -0.3 is 9.32 Å². The van der Waals surface area contributed by atoms with E-state index in [1.54, 1.807) is 36.2 Å². The summed E-state index contributed by atoms with van der Waals surface area (Å²) >= 11 is 0. The fraction of sp³-hybridized carbons (Fsp3) is 0.227. The zero-order valence-corrected chi connectivity index (χ0v) is 16.2. The van der Waals surface area contributed by atoms with Crippen molar-refractivity contribution in [1.29, 1.82) is 0 Å². The van der Waals surface area contributed by atoms with E-state index in [2.05, 4.69) is 5.10 Å². The molecule has 1 atom stereocenters. The van der Waals surface area contributed by atoms with Crippen LogP contribution in [0.5, 0.6) is 0 Å². The SMILES string of the molecule is CC(c1cc2ccccc2o1)N(C)C(=O)CCn1[nH]c(=O)c2ccccc2c1=O. The Morgan fingerprint density at radius 3 is 2.55 bits per heavy atom. The molecule has 0 bridgehead atoms. The zero-order valence-electron chi connectivity index (χ0n) is 16.2. The van der Waals surface area contributed by atoms with Gasteiger partial charge >= 0.3 is 0 Å². The van der Waals surface area contributed by atoms with Crippen LogP contribution in [0.15, 0.2) is 68.6 Å². The number of aromatic amines is 1. The minimum atomic E-state index is -0.350. The molecule has 4 aromatic rings. The van der Waals surface area contributed by atoms with Gasteiger partial charge in [0.25, 0.3) is 11.1 Å².